The summed E-state index contributed by atoms with van der Waals surface area (Å²) < 4.78 is 26.8. The average molecular weight is 381 g/mol. The molecule has 0 aliphatic carbocycles. The smallest absolute Gasteiger partial charge is 0.224 e. The van der Waals surface area contributed by atoms with Crippen LogP contribution < -0.4 is 5.32 Å². The number of hydrogen-bond donors (Lipinski definition) is 1. The number of benzene rings is 1. The molecule has 1 aromatic carbocycles. The number of amides is 1. The summed E-state index contributed by atoms with van der Waals surface area (Å²) in [7, 11) is -3.30. The SMILES string of the molecule is CCCCCNC(=O)[C@@H]1CCCN(S(=O)(=O)CCCc2ccccc2)C1. The van der Waals surface area contributed by atoms with E-state index in [2.05, 4.69) is 12.2 Å². The number of rotatable bonds is 10. The molecule has 26 heavy (non-hydrogen) atoms. The molecule has 6 heteroatoms. The lowest BCUT2D eigenvalue weighted by Crippen LogP contribution is -2.46. The number of nitrogens with zero attached hydrogens (tertiary/aromatic N) is 1. The van der Waals surface area contributed by atoms with Crippen molar-refractivity contribution in [2.45, 2.75) is 51.9 Å². The quantitative estimate of drug-likeness (QED) is 0.635. The molecule has 1 aliphatic rings. The minimum Gasteiger partial charge on any atom is -0.356 e. The molecule has 1 fully saturated rings. The van der Waals surface area contributed by atoms with Crippen molar-refractivity contribution in [3.05, 3.63) is 35.9 Å². The second-order valence-corrected chi connectivity index (χ2v) is 9.19. The van der Waals surface area contributed by atoms with Crippen LogP contribution in [-0.4, -0.2) is 44.0 Å². The zero-order valence-corrected chi connectivity index (χ0v) is 16.6. The van der Waals surface area contributed by atoms with Gasteiger partial charge in [0.15, 0.2) is 0 Å². The summed E-state index contributed by atoms with van der Waals surface area (Å²) in [5.41, 5.74) is 1.16. The van der Waals surface area contributed by atoms with Crippen LogP contribution in [0.1, 0.15) is 51.0 Å². The van der Waals surface area contributed by atoms with E-state index in [9.17, 15) is 13.2 Å². The first-order valence-corrected chi connectivity index (χ1v) is 11.4. The Hall–Kier alpha value is -1.40. The van der Waals surface area contributed by atoms with Gasteiger partial charge in [0.2, 0.25) is 15.9 Å². The Balaban J connectivity index is 1.79. The van der Waals surface area contributed by atoms with Crippen LogP contribution in [0.4, 0.5) is 0 Å². The molecular formula is C20H32N2O3S. The van der Waals surface area contributed by atoms with Crippen LogP contribution >= 0.6 is 0 Å². The summed E-state index contributed by atoms with van der Waals surface area (Å²) in [4.78, 5) is 12.3. The maximum Gasteiger partial charge on any atom is 0.224 e. The van der Waals surface area contributed by atoms with Gasteiger partial charge < -0.3 is 5.32 Å². The molecule has 0 unspecified atom stereocenters. The van der Waals surface area contributed by atoms with Crippen molar-refractivity contribution in [2.24, 2.45) is 5.92 Å². The first-order valence-electron chi connectivity index (χ1n) is 9.82. The van der Waals surface area contributed by atoms with Crippen molar-refractivity contribution in [2.75, 3.05) is 25.4 Å². The van der Waals surface area contributed by atoms with E-state index in [1.807, 2.05) is 30.3 Å². The number of piperidine rings is 1. The summed E-state index contributed by atoms with van der Waals surface area (Å²) >= 11 is 0. The molecule has 1 aromatic rings. The van der Waals surface area contributed by atoms with Crippen molar-refractivity contribution in [3.8, 4) is 0 Å². The van der Waals surface area contributed by atoms with E-state index in [1.54, 1.807) is 0 Å². The third kappa shape index (κ3) is 6.72. The van der Waals surface area contributed by atoms with Crippen molar-refractivity contribution >= 4 is 15.9 Å². The summed E-state index contributed by atoms with van der Waals surface area (Å²) in [5.74, 6) is -0.0632. The molecule has 0 aromatic heterocycles. The van der Waals surface area contributed by atoms with Gasteiger partial charge in [-0.05, 0) is 37.7 Å². The third-order valence-electron chi connectivity index (χ3n) is 4.94. The molecule has 146 valence electrons. The Kier molecular flexibility index (Phi) is 8.59. The number of sulfonamides is 1. The Morgan fingerprint density at radius 3 is 2.69 bits per heavy atom. The largest absolute Gasteiger partial charge is 0.356 e. The monoisotopic (exact) mass is 380 g/mol. The van der Waals surface area contributed by atoms with E-state index < -0.39 is 10.0 Å². The normalized spacial score (nSPS) is 18.6. The molecule has 5 nitrogen and oxygen atoms in total. The molecule has 1 aliphatic heterocycles. The second kappa shape index (κ2) is 10.7. The van der Waals surface area contributed by atoms with E-state index in [0.717, 1.165) is 44.1 Å². The van der Waals surface area contributed by atoms with Gasteiger partial charge in [-0.1, -0.05) is 50.1 Å². The minimum absolute atomic E-state index is 0.00490. The molecule has 0 spiro atoms. The number of hydrogen-bond acceptors (Lipinski definition) is 3. The molecule has 0 saturated carbocycles. The Labute approximate surface area is 158 Å². The van der Waals surface area contributed by atoms with Gasteiger partial charge in [0, 0.05) is 19.6 Å². The number of carbonyl (C=O) groups is 1. The van der Waals surface area contributed by atoms with Crippen LogP contribution in [0.2, 0.25) is 0 Å². The average Bonchev–Trinajstić information content (AvgIpc) is 2.66. The van der Waals surface area contributed by atoms with Crippen molar-refractivity contribution in [3.63, 3.8) is 0 Å². The summed E-state index contributed by atoms with van der Waals surface area (Å²) in [6.45, 7) is 3.68. The Morgan fingerprint density at radius 1 is 1.19 bits per heavy atom. The molecule has 1 N–H and O–H groups in total. The van der Waals surface area contributed by atoms with Gasteiger partial charge in [0.25, 0.3) is 0 Å². The van der Waals surface area contributed by atoms with E-state index in [4.69, 9.17) is 0 Å². The van der Waals surface area contributed by atoms with Crippen LogP contribution in [0.3, 0.4) is 0 Å². The van der Waals surface area contributed by atoms with Crippen molar-refractivity contribution in [1.82, 2.24) is 9.62 Å². The van der Waals surface area contributed by atoms with Crippen LogP contribution in [0, 0.1) is 5.92 Å². The van der Waals surface area contributed by atoms with E-state index in [0.29, 0.717) is 26.1 Å². The lowest BCUT2D eigenvalue weighted by Gasteiger charge is -2.31. The highest BCUT2D eigenvalue weighted by atomic mass is 32.2. The first kappa shape index (κ1) is 20.9. The fourth-order valence-corrected chi connectivity index (χ4v) is 4.95. The zero-order chi connectivity index (χ0) is 18.8. The van der Waals surface area contributed by atoms with E-state index in [-0.39, 0.29) is 17.6 Å². The molecule has 2 rings (SSSR count). The first-order chi connectivity index (χ1) is 12.5. The fraction of sp³-hybridized carbons (Fsp3) is 0.650. The summed E-state index contributed by atoms with van der Waals surface area (Å²) in [5, 5.41) is 2.96. The van der Waals surface area contributed by atoms with Gasteiger partial charge in [-0.2, -0.15) is 0 Å². The van der Waals surface area contributed by atoms with Crippen molar-refractivity contribution < 1.29 is 13.2 Å². The van der Waals surface area contributed by atoms with E-state index >= 15 is 0 Å². The minimum atomic E-state index is -3.30. The predicted molar refractivity (Wildman–Crippen MR) is 105 cm³/mol. The van der Waals surface area contributed by atoms with Crippen LogP contribution in [-0.2, 0) is 21.2 Å². The van der Waals surface area contributed by atoms with Gasteiger partial charge in [-0.25, -0.2) is 12.7 Å². The third-order valence-corrected chi connectivity index (χ3v) is 6.86. The van der Waals surface area contributed by atoms with Gasteiger partial charge in [0.05, 0.1) is 11.7 Å². The lowest BCUT2D eigenvalue weighted by atomic mass is 9.99. The second-order valence-electron chi connectivity index (χ2n) is 7.10. The number of carbonyl (C=O) groups excluding carboxylic acids is 1. The number of aryl methyl sites for hydroxylation is 1. The standard InChI is InChI=1S/C20H32N2O3S/c1-2-3-7-14-21-20(23)19-13-8-15-22(17-19)26(24,25)16-9-12-18-10-5-4-6-11-18/h4-6,10-11,19H,2-3,7-9,12-17H2,1H3,(H,21,23)/t19-/m1/s1. The van der Waals surface area contributed by atoms with Gasteiger partial charge >= 0.3 is 0 Å². The highest BCUT2D eigenvalue weighted by Gasteiger charge is 2.31. The summed E-state index contributed by atoms with van der Waals surface area (Å²) in [6.07, 6.45) is 6.10. The molecule has 1 heterocycles. The highest BCUT2D eigenvalue weighted by molar-refractivity contribution is 7.89. The van der Waals surface area contributed by atoms with Gasteiger partial charge in [0.1, 0.15) is 0 Å². The number of nitrogens with one attached hydrogen (secondary N) is 1. The van der Waals surface area contributed by atoms with Crippen LogP contribution in [0.5, 0.6) is 0 Å². The van der Waals surface area contributed by atoms with Gasteiger partial charge in [-0.3, -0.25) is 4.79 Å². The fourth-order valence-electron chi connectivity index (χ4n) is 3.37. The van der Waals surface area contributed by atoms with E-state index in [1.165, 1.54) is 4.31 Å². The number of unbranched alkanes of at least 4 members (excludes halogenated alkanes) is 2. The molecule has 1 atom stereocenters. The van der Waals surface area contributed by atoms with Gasteiger partial charge in [-0.15, -0.1) is 0 Å². The molecule has 1 saturated heterocycles. The zero-order valence-electron chi connectivity index (χ0n) is 15.8. The predicted octanol–water partition coefficient (Wildman–Crippen LogP) is 2.97. The van der Waals surface area contributed by atoms with Crippen LogP contribution in [0.25, 0.3) is 0 Å². The van der Waals surface area contributed by atoms with Crippen molar-refractivity contribution in [1.29, 1.82) is 0 Å². The molecular weight excluding hydrogens is 348 g/mol. The molecule has 0 bridgehead atoms. The highest BCUT2D eigenvalue weighted by Crippen LogP contribution is 2.20. The Bertz CT molecular complexity index is 646. The lowest BCUT2D eigenvalue weighted by molar-refractivity contribution is -0.126. The Morgan fingerprint density at radius 2 is 1.96 bits per heavy atom. The topological polar surface area (TPSA) is 66.5 Å². The summed E-state index contributed by atoms with van der Waals surface area (Å²) in [6, 6.07) is 9.94. The maximum absolute atomic E-state index is 12.6. The molecule has 1 amide bonds. The maximum atomic E-state index is 12.6. The molecule has 0 radical (unpaired) electrons. The van der Waals surface area contributed by atoms with Crippen LogP contribution in [0.15, 0.2) is 30.3 Å².